The summed E-state index contributed by atoms with van der Waals surface area (Å²) in [5.41, 5.74) is 2.65. The molecule has 9 nitrogen and oxygen atoms in total. The van der Waals surface area contributed by atoms with Crippen LogP contribution in [-0.4, -0.2) is 49.5 Å². The topological polar surface area (TPSA) is 113 Å². The van der Waals surface area contributed by atoms with Gasteiger partial charge in [0.05, 0.1) is 29.2 Å². The Balaban J connectivity index is 1.50. The highest BCUT2D eigenvalue weighted by molar-refractivity contribution is 5.88. The predicted octanol–water partition coefficient (Wildman–Crippen LogP) is 2.16. The van der Waals surface area contributed by atoms with E-state index in [9.17, 15) is 9.59 Å². The Hall–Kier alpha value is -3.75. The number of carboxylic acids is 1. The van der Waals surface area contributed by atoms with E-state index in [4.69, 9.17) is 5.11 Å². The van der Waals surface area contributed by atoms with E-state index in [0.29, 0.717) is 11.4 Å². The Morgan fingerprint density at radius 2 is 2.00 bits per heavy atom. The largest absolute Gasteiger partial charge is 0.478 e. The number of nitrogens with zero attached hydrogens (tertiary/aromatic N) is 5. The van der Waals surface area contributed by atoms with Crippen LogP contribution in [-0.2, 0) is 16.8 Å². The Kier molecular flexibility index (Phi) is 5.18. The Bertz CT molecular complexity index is 1140. The average molecular weight is 420 g/mol. The van der Waals surface area contributed by atoms with Crippen LogP contribution in [0.25, 0.3) is 5.69 Å². The molecule has 9 heteroatoms. The molecule has 160 valence electrons. The first kappa shape index (κ1) is 20.5. The van der Waals surface area contributed by atoms with Crippen molar-refractivity contribution in [2.24, 2.45) is 0 Å². The summed E-state index contributed by atoms with van der Waals surface area (Å²) in [6, 6.07) is 9.26. The summed E-state index contributed by atoms with van der Waals surface area (Å²) in [6.45, 7) is 6.41. The molecular weight excluding hydrogens is 396 g/mol. The number of hydrogen-bond acceptors (Lipinski definition) is 6. The van der Waals surface area contributed by atoms with E-state index in [1.54, 1.807) is 6.20 Å². The number of hydrogen-bond donors (Lipinski definition) is 2. The zero-order valence-electron chi connectivity index (χ0n) is 17.6. The highest BCUT2D eigenvalue weighted by Gasteiger charge is 2.32. The van der Waals surface area contributed by atoms with Gasteiger partial charge >= 0.3 is 5.97 Å². The number of anilines is 1. The maximum atomic E-state index is 13.0. The fourth-order valence-corrected chi connectivity index (χ4v) is 3.73. The maximum absolute atomic E-state index is 13.0. The first-order valence-electron chi connectivity index (χ1n) is 10.0. The van der Waals surface area contributed by atoms with E-state index in [1.807, 2.05) is 39.0 Å². The number of fused-ring (bicyclic) bond motifs is 1. The molecule has 0 radical (unpaired) electrons. The van der Waals surface area contributed by atoms with Gasteiger partial charge in [0.25, 0.3) is 0 Å². The number of aromatic carboxylic acids is 1. The molecule has 31 heavy (non-hydrogen) atoms. The molecule has 0 spiro atoms. The Morgan fingerprint density at radius 3 is 2.77 bits per heavy atom. The van der Waals surface area contributed by atoms with Crippen molar-refractivity contribution in [3.8, 4) is 5.69 Å². The molecule has 1 aliphatic rings. The Morgan fingerprint density at radius 1 is 1.23 bits per heavy atom. The van der Waals surface area contributed by atoms with Gasteiger partial charge in [0.1, 0.15) is 11.7 Å². The summed E-state index contributed by atoms with van der Waals surface area (Å²) in [4.78, 5) is 30.3. The van der Waals surface area contributed by atoms with Gasteiger partial charge in [-0.1, -0.05) is 23.4 Å². The van der Waals surface area contributed by atoms with Crippen LogP contribution in [0.1, 0.15) is 42.4 Å². The summed E-state index contributed by atoms with van der Waals surface area (Å²) >= 11 is 0. The minimum absolute atomic E-state index is 0.0573. The molecule has 0 aliphatic carbocycles. The van der Waals surface area contributed by atoms with Crippen molar-refractivity contribution in [1.29, 1.82) is 0 Å². The van der Waals surface area contributed by atoms with Gasteiger partial charge in [0.15, 0.2) is 0 Å². The molecule has 3 heterocycles. The van der Waals surface area contributed by atoms with Crippen molar-refractivity contribution < 1.29 is 14.7 Å². The van der Waals surface area contributed by atoms with Crippen LogP contribution in [0.3, 0.4) is 0 Å². The number of nitrogens with one attached hydrogen (secondary N) is 1. The summed E-state index contributed by atoms with van der Waals surface area (Å²) in [6.07, 6.45) is 5.36. The summed E-state index contributed by atoms with van der Waals surface area (Å²) < 4.78 is 1.45. The third-order valence-electron chi connectivity index (χ3n) is 5.57. The Labute approximate surface area is 179 Å². The van der Waals surface area contributed by atoms with Gasteiger partial charge in [0, 0.05) is 18.4 Å². The van der Waals surface area contributed by atoms with Gasteiger partial charge in [-0.25, -0.2) is 9.48 Å². The molecular formula is C22H24N6O3. The van der Waals surface area contributed by atoms with Crippen molar-refractivity contribution in [3.05, 3.63) is 65.7 Å². The van der Waals surface area contributed by atoms with Crippen LogP contribution in [0.5, 0.6) is 0 Å². The minimum atomic E-state index is -1.07. The van der Waals surface area contributed by atoms with Gasteiger partial charge in [-0.3, -0.25) is 9.78 Å². The first-order valence-corrected chi connectivity index (χ1v) is 10.0. The zero-order valence-corrected chi connectivity index (χ0v) is 17.6. The standard InChI is InChI=1S/C22H24N6O3/c1-14(27-9-8-15-6-4-5-7-18(15)27)20(29)24-22(2,3)19-13-28(26-25-19)17-10-16(21(30)31)11-23-12-17/h4-7,10-14H,8-9H2,1-3H3,(H,24,29)(H,30,31). The number of benzene rings is 1. The lowest BCUT2D eigenvalue weighted by Gasteiger charge is -2.31. The van der Waals surface area contributed by atoms with Crippen LogP contribution < -0.4 is 10.2 Å². The number of aromatic nitrogens is 4. The predicted molar refractivity (Wildman–Crippen MR) is 114 cm³/mol. The number of rotatable bonds is 6. The number of carbonyl (C=O) groups is 2. The smallest absolute Gasteiger partial charge is 0.337 e. The van der Waals surface area contributed by atoms with E-state index in [0.717, 1.165) is 18.7 Å². The van der Waals surface area contributed by atoms with Gasteiger partial charge < -0.3 is 15.3 Å². The van der Waals surface area contributed by atoms with Crippen molar-refractivity contribution in [2.45, 2.75) is 38.8 Å². The SMILES string of the molecule is CC(C(=O)NC(C)(C)c1cn(-c2cncc(C(=O)O)c2)nn1)N1CCc2ccccc21. The monoisotopic (exact) mass is 420 g/mol. The number of carbonyl (C=O) groups excluding carboxylic acids is 1. The molecule has 0 bridgehead atoms. The van der Waals surface area contributed by atoms with Crippen LogP contribution in [0.15, 0.2) is 48.9 Å². The van der Waals surface area contributed by atoms with Gasteiger partial charge in [-0.15, -0.1) is 5.10 Å². The highest BCUT2D eigenvalue weighted by atomic mass is 16.4. The second-order valence-corrected chi connectivity index (χ2v) is 8.15. The highest BCUT2D eigenvalue weighted by Crippen LogP contribution is 2.29. The van der Waals surface area contributed by atoms with Gasteiger partial charge in [-0.05, 0) is 44.9 Å². The van der Waals surface area contributed by atoms with Crippen molar-refractivity contribution >= 4 is 17.6 Å². The molecule has 0 saturated carbocycles. The van der Waals surface area contributed by atoms with Crippen LogP contribution in [0.4, 0.5) is 5.69 Å². The number of amides is 1. The molecule has 0 saturated heterocycles. The normalized spacial score (nSPS) is 14.2. The second-order valence-electron chi connectivity index (χ2n) is 8.15. The van der Waals surface area contributed by atoms with Crippen LogP contribution >= 0.6 is 0 Å². The lowest BCUT2D eigenvalue weighted by atomic mass is 10.0. The van der Waals surface area contributed by atoms with E-state index in [1.165, 1.54) is 28.7 Å². The molecule has 1 aromatic carbocycles. The van der Waals surface area contributed by atoms with Gasteiger partial charge in [-0.2, -0.15) is 0 Å². The van der Waals surface area contributed by atoms with Crippen molar-refractivity contribution in [1.82, 2.24) is 25.3 Å². The van der Waals surface area contributed by atoms with E-state index in [2.05, 4.69) is 31.6 Å². The fourth-order valence-electron chi connectivity index (χ4n) is 3.73. The first-order chi connectivity index (χ1) is 14.8. The van der Waals surface area contributed by atoms with Crippen LogP contribution in [0, 0.1) is 0 Å². The molecule has 1 atom stereocenters. The third-order valence-corrected chi connectivity index (χ3v) is 5.57. The van der Waals surface area contributed by atoms with E-state index >= 15 is 0 Å². The minimum Gasteiger partial charge on any atom is -0.478 e. The molecule has 1 amide bonds. The molecule has 1 aliphatic heterocycles. The van der Waals surface area contributed by atoms with E-state index in [-0.39, 0.29) is 17.5 Å². The lowest BCUT2D eigenvalue weighted by molar-refractivity contribution is -0.123. The second kappa shape index (κ2) is 7.82. The lowest BCUT2D eigenvalue weighted by Crippen LogP contribution is -2.50. The van der Waals surface area contributed by atoms with Crippen molar-refractivity contribution in [3.63, 3.8) is 0 Å². The summed E-state index contributed by atoms with van der Waals surface area (Å²) in [5.74, 6) is -1.18. The number of carboxylic acid groups (broad SMARTS) is 1. The average Bonchev–Trinajstić information content (AvgIpc) is 3.41. The zero-order chi connectivity index (χ0) is 22.2. The molecule has 2 N–H and O–H groups in total. The summed E-state index contributed by atoms with van der Waals surface area (Å²) in [7, 11) is 0. The molecule has 3 aromatic rings. The van der Waals surface area contributed by atoms with E-state index < -0.39 is 11.5 Å². The van der Waals surface area contributed by atoms with Crippen LogP contribution in [0.2, 0.25) is 0 Å². The maximum Gasteiger partial charge on any atom is 0.337 e. The molecule has 4 rings (SSSR count). The number of para-hydroxylation sites is 1. The fraction of sp³-hybridized carbons (Fsp3) is 0.318. The van der Waals surface area contributed by atoms with Crippen molar-refractivity contribution in [2.75, 3.05) is 11.4 Å². The third kappa shape index (κ3) is 3.98. The number of pyridine rings is 1. The molecule has 1 unspecified atom stereocenters. The molecule has 2 aromatic heterocycles. The summed E-state index contributed by atoms with van der Waals surface area (Å²) in [5, 5.41) is 20.5. The quantitative estimate of drug-likeness (QED) is 0.628. The molecule has 0 fully saturated rings. The van der Waals surface area contributed by atoms with Gasteiger partial charge in [0.2, 0.25) is 5.91 Å².